The quantitative estimate of drug-likeness (QED) is 0.902. The Hall–Kier alpha value is -2.24. The Kier molecular flexibility index (Phi) is 4.92. The molecule has 1 amide bonds. The number of amides is 1. The summed E-state index contributed by atoms with van der Waals surface area (Å²) in [6.45, 7) is 0.0179. The Bertz CT molecular complexity index is 640. The van der Waals surface area contributed by atoms with Crippen LogP contribution in [-0.4, -0.2) is 35.7 Å². The van der Waals surface area contributed by atoms with Gasteiger partial charge in [-0.25, -0.2) is 4.39 Å². The van der Waals surface area contributed by atoms with Gasteiger partial charge in [-0.3, -0.25) is 4.79 Å². The molecule has 1 aliphatic heterocycles. The fourth-order valence-electron chi connectivity index (χ4n) is 3.33. The minimum atomic E-state index is -1.08. The van der Waals surface area contributed by atoms with Crippen LogP contribution in [0.2, 0.25) is 0 Å². The molecule has 2 aromatic carbocycles. The van der Waals surface area contributed by atoms with Crippen molar-refractivity contribution >= 4 is 5.91 Å². The van der Waals surface area contributed by atoms with Gasteiger partial charge >= 0.3 is 0 Å². The van der Waals surface area contributed by atoms with Gasteiger partial charge < -0.3 is 16.4 Å². The summed E-state index contributed by atoms with van der Waals surface area (Å²) in [6.07, 6.45) is -1.52. The van der Waals surface area contributed by atoms with Crippen molar-refractivity contribution in [3.63, 3.8) is 0 Å². The highest BCUT2D eigenvalue weighted by molar-refractivity contribution is 5.84. The van der Waals surface area contributed by atoms with Crippen LogP contribution in [0.25, 0.3) is 0 Å². The molecule has 1 fully saturated rings. The molecule has 0 unspecified atom stereocenters. The third kappa shape index (κ3) is 3.32. The predicted octanol–water partition coefficient (Wildman–Crippen LogP) is 2.00. The van der Waals surface area contributed by atoms with Crippen molar-refractivity contribution in [3.05, 3.63) is 71.8 Å². The lowest BCUT2D eigenvalue weighted by Crippen LogP contribution is -2.51. The predicted molar refractivity (Wildman–Crippen MR) is 91.9 cm³/mol. The van der Waals surface area contributed by atoms with Gasteiger partial charge in [0.05, 0.1) is 18.8 Å². The zero-order chi connectivity index (χ0) is 17.1. The van der Waals surface area contributed by atoms with E-state index in [-0.39, 0.29) is 24.8 Å². The lowest BCUT2D eigenvalue weighted by Gasteiger charge is -2.30. The van der Waals surface area contributed by atoms with Crippen molar-refractivity contribution in [3.8, 4) is 0 Å². The van der Waals surface area contributed by atoms with E-state index >= 15 is 0 Å². The van der Waals surface area contributed by atoms with Crippen molar-refractivity contribution in [2.24, 2.45) is 11.5 Å². The minimum Gasteiger partial charge on any atom is -0.323 e. The van der Waals surface area contributed by atoms with Crippen molar-refractivity contribution in [1.29, 1.82) is 0 Å². The number of nitrogens with two attached hydrogens (primary N) is 2. The first kappa shape index (κ1) is 16.6. The zero-order valence-electron chi connectivity index (χ0n) is 13.4. The van der Waals surface area contributed by atoms with Gasteiger partial charge in [-0.2, -0.15) is 0 Å². The van der Waals surface area contributed by atoms with Crippen molar-refractivity contribution in [2.45, 2.75) is 30.7 Å². The van der Waals surface area contributed by atoms with Crippen LogP contribution in [-0.2, 0) is 4.79 Å². The van der Waals surface area contributed by atoms with Crippen molar-refractivity contribution in [1.82, 2.24) is 4.90 Å². The average Bonchev–Trinajstić information content (AvgIpc) is 2.94. The molecule has 1 aliphatic rings. The van der Waals surface area contributed by atoms with E-state index in [4.69, 9.17) is 11.5 Å². The highest BCUT2D eigenvalue weighted by Crippen LogP contribution is 2.29. The molecule has 2 aromatic rings. The standard InChI is InChI=1S/C19H22FN3O/c20-15-11-16(21)23(12-15)19(24)18(22)17(13-7-3-1-4-8-13)14-9-5-2-6-10-14/h1-10,15-18H,11-12,21-22H2/t15-,16-,18-/m0/s1. The van der Waals surface area contributed by atoms with Gasteiger partial charge in [-0.15, -0.1) is 0 Å². The Morgan fingerprint density at radius 3 is 1.96 bits per heavy atom. The Balaban J connectivity index is 1.92. The smallest absolute Gasteiger partial charge is 0.241 e. The molecule has 1 heterocycles. The Morgan fingerprint density at radius 1 is 1.04 bits per heavy atom. The van der Waals surface area contributed by atoms with Gasteiger partial charge in [0, 0.05) is 12.3 Å². The molecule has 3 rings (SSSR count). The maximum absolute atomic E-state index is 13.6. The minimum absolute atomic E-state index is 0.0179. The normalized spacial score (nSPS) is 21.9. The number of likely N-dealkylation sites (tertiary alicyclic amines) is 1. The number of benzene rings is 2. The molecule has 1 saturated heterocycles. The molecule has 0 spiro atoms. The third-order valence-corrected chi connectivity index (χ3v) is 4.54. The zero-order valence-corrected chi connectivity index (χ0v) is 13.4. The maximum Gasteiger partial charge on any atom is 0.241 e. The van der Waals surface area contributed by atoms with Gasteiger partial charge in [-0.05, 0) is 11.1 Å². The first-order chi connectivity index (χ1) is 11.6. The summed E-state index contributed by atoms with van der Waals surface area (Å²) in [7, 11) is 0. The number of carbonyl (C=O) groups is 1. The molecule has 0 aliphatic carbocycles. The molecule has 5 heteroatoms. The Morgan fingerprint density at radius 2 is 1.54 bits per heavy atom. The maximum atomic E-state index is 13.6. The lowest BCUT2D eigenvalue weighted by atomic mass is 9.85. The van der Waals surface area contributed by atoms with Crippen molar-refractivity contribution < 1.29 is 9.18 Å². The topological polar surface area (TPSA) is 72.4 Å². The molecular formula is C19H22FN3O. The SMILES string of the molecule is N[C@H](C(=O)N1C[C@@H](F)C[C@H]1N)C(c1ccccc1)c1ccccc1. The molecule has 3 atom stereocenters. The van der Waals surface area contributed by atoms with E-state index in [1.165, 1.54) is 4.90 Å². The first-order valence-corrected chi connectivity index (χ1v) is 8.13. The van der Waals surface area contributed by atoms with Gasteiger partial charge in [0.15, 0.2) is 0 Å². The summed E-state index contributed by atoms with van der Waals surface area (Å²) < 4.78 is 13.6. The van der Waals surface area contributed by atoms with Crippen LogP contribution < -0.4 is 11.5 Å². The highest BCUT2D eigenvalue weighted by atomic mass is 19.1. The number of halogens is 1. The summed E-state index contributed by atoms with van der Waals surface area (Å²) in [5.74, 6) is -0.605. The van der Waals surface area contributed by atoms with E-state index < -0.39 is 18.4 Å². The highest BCUT2D eigenvalue weighted by Gasteiger charge is 2.38. The van der Waals surface area contributed by atoms with E-state index in [2.05, 4.69) is 0 Å². The number of carbonyl (C=O) groups excluding carboxylic acids is 1. The average molecular weight is 327 g/mol. The molecule has 0 saturated carbocycles. The van der Waals surface area contributed by atoms with Gasteiger partial charge in [-0.1, -0.05) is 60.7 Å². The van der Waals surface area contributed by atoms with Crippen LogP contribution in [0.1, 0.15) is 23.5 Å². The van der Waals surface area contributed by atoms with Crippen LogP contribution in [0.4, 0.5) is 4.39 Å². The number of rotatable bonds is 4. The van der Waals surface area contributed by atoms with Gasteiger partial charge in [0.2, 0.25) is 5.91 Å². The lowest BCUT2D eigenvalue weighted by molar-refractivity contribution is -0.133. The summed E-state index contributed by atoms with van der Waals surface area (Å²) in [4.78, 5) is 14.2. The van der Waals surface area contributed by atoms with E-state index in [1.807, 2.05) is 60.7 Å². The monoisotopic (exact) mass is 327 g/mol. The van der Waals surface area contributed by atoms with Gasteiger partial charge in [0.1, 0.15) is 6.17 Å². The second kappa shape index (κ2) is 7.11. The number of hydrogen-bond donors (Lipinski definition) is 2. The van der Waals surface area contributed by atoms with E-state index in [1.54, 1.807) is 0 Å². The van der Waals surface area contributed by atoms with E-state index in [0.717, 1.165) is 11.1 Å². The fraction of sp³-hybridized carbons (Fsp3) is 0.316. The van der Waals surface area contributed by atoms with Gasteiger partial charge in [0.25, 0.3) is 0 Å². The molecule has 24 heavy (non-hydrogen) atoms. The first-order valence-electron chi connectivity index (χ1n) is 8.13. The third-order valence-electron chi connectivity index (χ3n) is 4.54. The van der Waals surface area contributed by atoms with E-state index in [9.17, 15) is 9.18 Å². The second-order valence-corrected chi connectivity index (χ2v) is 6.22. The molecule has 4 nitrogen and oxygen atoms in total. The molecule has 0 aromatic heterocycles. The van der Waals surface area contributed by atoms with Crippen LogP contribution in [0.15, 0.2) is 60.7 Å². The number of hydrogen-bond acceptors (Lipinski definition) is 3. The van der Waals surface area contributed by atoms with Crippen LogP contribution in [0.3, 0.4) is 0 Å². The number of nitrogens with zero attached hydrogens (tertiary/aromatic N) is 1. The second-order valence-electron chi connectivity index (χ2n) is 6.22. The fourth-order valence-corrected chi connectivity index (χ4v) is 3.33. The molecule has 4 N–H and O–H groups in total. The molecular weight excluding hydrogens is 305 g/mol. The van der Waals surface area contributed by atoms with Crippen LogP contribution in [0.5, 0.6) is 0 Å². The van der Waals surface area contributed by atoms with Crippen LogP contribution in [0, 0.1) is 0 Å². The van der Waals surface area contributed by atoms with E-state index in [0.29, 0.717) is 0 Å². The summed E-state index contributed by atoms with van der Waals surface area (Å²) >= 11 is 0. The summed E-state index contributed by atoms with van der Waals surface area (Å²) in [5.41, 5.74) is 14.1. The number of alkyl halides is 1. The summed E-state index contributed by atoms with van der Waals surface area (Å²) in [6, 6.07) is 18.5. The van der Waals surface area contributed by atoms with Crippen LogP contribution >= 0.6 is 0 Å². The molecule has 0 radical (unpaired) electrons. The molecule has 0 bridgehead atoms. The largest absolute Gasteiger partial charge is 0.323 e. The van der Waals surface area contributed by atoms with Crippen molar-refractivity contribution in [2.75, 3.05) is 6.54 Å². The summed E-state index contributed by atoms with van der Waals surface area (Å²) in [5, 5.41) is 0. The Labute approximate surface area is 141 Å². The molecule has 126 valence electrons.